The highest BCUT2D eigenvalue weighted by atomic mass is 32.1. The Balaban J connectivity index is 1.09. The van der Waals surface area contributed by atoms with Crippen LogP contribution in [0.1, 0.15) is 6.42 Å². The lowest BCUT2D eigenvalue weighted by molar-refractivity contribution is 0.225. The monoisotopic (exact) mass is 391 g/mol. The van der Waals surface area contributed by atoms with Crippen molar-refractivity contribution in [1.29, 1.82) is 0 Å². The van der Waals surface area contributed by atoms with Crippen molar-refractivity contribution < 1.29 is 4.74 Å². The summed E-state index contributed by atoms with van der Waals surface area (Å²) in [5.41, 5.74) is 2.55. The molecule has 0 saturated carbocycles. The van der Waals surface area contributed by atoms with Crippen LogP contribution in [0.4, 0.5) is 5.69 Å². The number of hydrogen-bond acceptors (Lipinski definition) is 4. The molecule has 0 spiro atoms. The zero-order chi connectivity index (χ0) is 18.8. The third kappa shape index (κ3) is 3.60. The van der Waals surface area contributed by atoms with E-state index in [2.05, 4.69) is 62.6 Å². The third-order valence-electron chi connectivity index (χ3n) is 5.60. The van der Waals surface area contributed by atoms with E-state index < -0.39 is 0 Å². The highest BCUT2D eigenvalue weighted by molar-refractivity contribution is 7.17. The minimum absolute atomic E-state index is 0.768. The van der Waals surface area contributed by atoms with E-state index >= 15 is 0 Å². The Labute approximate surface area is 169 Å². The molecule has 4 aromatic rings. The summed E-state index contributed by atoms with van der Waals surface area (Å²) in [5, 5.41) is 4.79. The van der Waals surface area contributed by atoms with Crippen molar-refractivity contribution in [2.45, 2.75) is 6.42 Å². The van der Waals surface area contributed by atoms with Gasteiger partial charge in [0.05, 0.1) is 6.61 Å². The molecule has 1 aliphatic rings. The van der Waals surface area contributed by atoms with Crippen molar-refractivity contribution in [3.8, 4) is 5.75 Å². The number of H-pyrrole nitrogens is 1. The van der Waals surface area contributed by atoms with Crippen molar-refractivity contribution in [3.63, 3.8) is 0 Å². The van der Waals surface area contributed by atoms with E-state index in [0.717, 1.165) is 57.0 Å². The average molecular weight is 392 g/mol. The standard InChI is InChI=1S/C23H25N3OS/c1-3-22(20-8-16-28-23(20)4-1)26-13-11-25(12-14-26)10-2-15-27-19-5-6-21-18(17-19)7-9-24-21/h1,3-9,16-17,24H,2,10-15H2. The number of rotatable bonds is 6. The molecule has 5 heteroatoms. The van der Waals surface area contributed by atoms with Crippen LogP contribution in [0.25, 0.3) is 21.0 Å². The molecule has 0 radical (unpaired) electrons. The van der Waals surface area contributed by atoms with Crippen molar-refractivity contribution in [2.75, 3.05) is 44.2 Å². The fourth-order valence-electron chi connectivity index (χ4n) is 4.07. The third-order valence-corrected chi connectivity index (χ3v) is 6.48. The van der Waals surface area contributed by atoms with Crippen LogP contribution in [0.3, 0.4) is 0 Å². The number of ether oxygens (including phenoxy) is 1. The van der Waals surface area contributed by atoms with Crippen LogP contribution in [0, 0.1) is 0 Å². The van der Waals surface area contributed by atoms with Gasteiger partial charge in [0.1, 0.15) is 5.75 Å². The first-order valence-electron chi connectivity index (χ1n) is 10.0. The summed E-state index contributed by atoms with van der Waals surface area (Å²) in [5.74, 6) is 0.959. The Bertz CT molecular complexity index is 1060. The van der Waals surface area contributed by atoms with Gasteiger partial charge in [-0.3, -0.25) is 4.90 Å². The van der Waals surface area contributed by atoms with Gasteiger partial charge >= 0.3 is 0 Å². The van der Waals surface area contributed by atoms with Gasteiger partial charge in [0.25, 0.3) is 0 Å². The molecule has 0 bridgehead atoms. The van der Waals surface area contributed by atoms with Crippen LogP contribution in [0.2, 0.25) is 0 Å². The summed E-state index contributed by atoms with van der Waals surface area (Å²) < 4.78 is 7.34. The van der Waals surface area contributed by atoms with Crippen LogP contribution in [0.15, 0.2) is 60.1 Å². The Hall–Kier alpha value is -2.50. The Morgan fingerprint density at radius 2 is 1.93 bits per heavy atom. The van der Waals surface area contributed by atoms with Gasteiger partial charge in [0.2, 0.25) is 0 Å². The second-order valence-electron chi connectivity index (χ2n) is 7.37. The maximum absolute atomic E-state index is 5.95. The lowest BCUT2D eigenvalue weighted by atomic mass is 10.2. The van der Waals surface area contributed by atoms with Gasteiger partial charge in [0, 0.05) is 65.6 Å². The fourth-order valence-corrected chi connectivity index (χ4v) is 4.87. The second kappa shape index (κ2) is 7.86. The average Bonchev–Trinajstić information content (AvgIpc) is 3.40. The molecule has 1 aliphatic heterocycles. The summed E-state index contributed by atoms with van der Waals surface area (Å²) >= 11 is 1.83. The number of thiophene rings is 1. The predicted octanol–water partition coefficient (Wildman–Crippen LogP) is 4.97. The fraction of sp³-hybridized carbons (Fsp3) is 0.304. The van der Waals surface area contributed by atoms with Crippen molar-refractivity contribution in [3.05, 3.63) is 60.1 Å². The van der Waals surface area contributed by atoms with Gasteiger partial charge in [0.15, 0.2) is 0 Å². The van der Waals surface area contributed by atoms with E-state index in [9.17, 15) is 0 Å². The first kappa shape index (κ1) is 17.6. The van der Waals surface area contributed by atoms with E-state index in [4.69, 9.17) is 4.74 Å². The maximum atomic E-state index is 5.95. The molecule has 0 atom stereocenters. The number of aromatic amines is 1. The molecule has 5 rings (SSSR count). The van der Waals surface area contributed by atoms with Crippen molar-refractivity contribution in [2.24, 2.45) is 0 Å². The van der Waals surface area contributed by atoms with Crippen LogP contribution in [0.5, 0.6) is 5.75 Å². The van der Waals surface area contributed by atoms with Crippen molar-refractivity contribution >= 4 is 38.0 Å². The van der Waals surface area contributed by atoms with Gasteiger partial charge in [-0.1, -0.05) is 6.07 Å². The smallest absolute Gasteiger partial charge is 0.120 e. The quantitative estimate of drug-likeness (QED) is 0.471. The van der Waals surface area contributed by atoms with E-state index in [1.165, 1.54) is 21.2 Å². The molecule has 2 aromatic carbocycles. The number of fused-ring (bicyclic) bond motifs is 2. The van der Waals surface area contributed by atoms with Crippen LogP contribution in [-0.2, 0) is 0 Å². The van der Waals surface area contributed by atoms with Crippen molar-refractivity contribution in [1.82, 2.24) is 9.88 Å². The van der Waals surface area contributed by atoms with Gasteiger partial charge in [-0.2, -0.15) is 0 Å². The van der Waals surface area contributed by atoms with E-state index in [0.29, 0.717) is 0 Å². The molecule has 0 aliphatic carbocycles. The molecule has 3 heterocycles. The second-order valence-corrected chi connectivity index (χ2v) is 8.31. The van der Waals surface area contributed by atoms with E-state index in [1.54, 1.807) is 0 Å². The molecule has 1 N–H and O–H groups in total. The molecule has 2 aromatic heterocycles. The minimum atomic E-state index is 0.768. The number of aromatic nitrogens is 1. The van der Waals surface area contributed by atoms with Crippen LogP contribution < -0.4 is 9.64 Å². The largest absolute Gasteiger partial charge is 0.494 e. The zero-order valence-electron chi connectivity index (χ0n) is 15.9. The zero-order valence-corrected chi connectivity index (χ0v) is 16.8. The summed E-state index contributed by atoms with van der Waals surface area (Å²) in [6, 6.07) is 17.2. The number of nitrogens with zero attached hydrogens (tertiary/aromatic N) is 2. The molecule has 0 amide bonds. The molecule has 28 heavy (non-hydrogen) atoms. The molecule has 0 unspecified atom stereocenters. The summed E-state index contributed by atoms with van der Waals surface area (Å²) in [6.07, 6.45) is 3.03. The van der Waals surface area contributed by atoms with Gasteiger partial charge in [-0.05, 0) is 54.3 Å². The molecular weight excluding hydrogens is 366 g/mol. The van der Waals surface area contributed by atoms with E-state index in [-0.39, 0.29) is 0 Å². The molecule has 144 valence electrons. The Morgan fingerprint density at radius 3 is 2.86 bits per heavy atom. The van der Waals surface area contributed by atoms with Gasteiger partial charge < -0.3 is 14.6 Å². The number of anilines is 1. The molecular formula is C23H25N3OS. The Kier molecular flexibility index (Phi) is 4.93. The van der Waals surface area contributed by atoms with Crippen LogP contribution in [-0.4, -0.2) is 49.2 Å². The lowest BCUT2D eigenvalue weighted by Crippen LogP contribution is -2.46. The molecule has 4 nitrogen and oxygen atoms in total. The topological polar surface area (TPSA) is 31.5 Å². The number of nitrogens with one attached hydrogen (secondary N) is 1. The summed E-state index contributed by atoms with van der Waals surface area (Å²) in [4.78, 5) is 8.31. The maximum Gasteiger partial charge on any atom is 0.120 e. The molecule has 1 fully saturated rings. The summed E-state index contributed by atoms with van der Waals surface area (Å²) in [7, 11) is 0. The first-order valence-corrected chi connectivity index (χ1v) is 10.9. The summed E-state index contributed by atoms with van der Waals surface area (Å²) in [6.45, 7) is 6.30. The predicted molar refractivity (Wildman–Crippen MR) is 119 cm³/mol. The number of benzene rings is 2. The Morgan fingerprint density at radius 1 is 1.00 bits per heavy atom. The first-order chi connectivity index (χ1) is 13.9. The highest BCUT2D eigenvalue weighted by Crippen LogP contribution is 2.31. The van der Waals surface area contributed by atoms with Crippen LogP contribution >= 0.6 is 11.3 Å². The molecule has 1 saturated heterocycles. The SMILES string of the molecule is c1cc(N2CCN(CCCOc3ccc4[nH]ccc4c3)CC2)c2ccsc2c1. The highest BCUT2D eigenvalue weighted by Gasteiger charge is 2.18. The normalized spacial score (nSPS) is 15.5. The minimum Gasteiger partial charge on any atom is -0.494 e. The van der Waals surface area contributed by atoms with E-state index in [1.807, 2.05) is 23.6 Å². The lowest BCUT2D eigenvalue weighted by Gasteiger charge is -2.36. The number of hydrogen-bond donors (Lipinski definition) is 1. The van der Waals surface area contributed by atoms with Gasteiger partial charge in [-0.15, -0.1) is 11.3 Å². The number of piperazine rings is 1. The van der Waals surface area contributed by atoms with Gasteiger partial charge in [-0.25, -0.2) is 0 Å².